The molecule has 2 unspecified atom stereocenters. The molecule has 0 bridgehead atoms. The summed E-state index contributed by atoms with van der Waals surface area (Å²) in [5.41, 5.74) is 2.61. The summed E-state index contributed by atoms with van der Waals surface area (Å²) in [5, 5.41) is 3.57. The van der Waals surface area contributed by atoms with Gasteiger partial charge in [0.15, 0.2) is 0 Å². The molecule has 2 heterocycles. The van der Waals surface area contributed by atoms with Crippen LogP contribution in [0.1, 0.15) is 24.9 Å². The number of morpholine rings is 1. The van der Waals surface area contributed by atoms with Crippen molar-refractivity contribution in [3.8, 4) is 5.75 Å². The SMILES string of the molecule is COc1ccc2c(c1)C(N1CCOCC1)CC(C)N2. The summed E-state index contributed by atoms with van der Waals surface area (Å²) in [6.45, 7) is 5.98. The van der Waals surface area contributed by atoms with Gasteiger partial charge in [-0.05, 0) is 37.1 Å². The number of hydrogen-bond donors (Lipinski definition) is 1. The quantitative estimate of drug-likeness (QED) is 0.886. The summed E-state index contributed by atoms with van der Waals surface area (Å²) in [6, 6.07) is 7.32. The van der Waals surface area contributed by atoms with Gasteiger partial charge >= 0.3 is 0 Å². The van der Waals surface area contributed by atoms with Gasteiger partial charge in [0.05, 0.1) is 20.3 Å². The van der Waals surface area contributed by atoms with Crippen molar-refractivity contribution >= 4 is 5.69 Å². The normalized spacial score (nSPS) is 27.5. The van der Waals surface area contributed by atoms with E-state index in [1.54, 1.807) is 7.11 Å². The molecule has 19 heavy (non-hydrogen) atoms. The van der Waals surface area contributed by atoms with Crippen LogP contribution < -0.4 is 10.1 Å². The molecule has 104 valence electrons. The number of benzene rings is 1. The molecule has 0 spiro atoms. The Morgan fingerprint density at radius 2 is 2.11 bits per heavy atom. The maximum atomic E-state index is 5.47. The second-order valence-electron chi connectivity index (χ2n) is 5.40. The Morgan fingerprint density at radius 3 is 2.84 bits per heavy atom. The van der Waals surface area contributed by atoms with Crippen LogP contribution in [0.25, 0.3) is 0 Å². The van der Waals surface area contributed by atoms with E-state index in [2.05, 4.69) is 29.3 Å². The van der Waals surface area contributed by atoms with Crippen LogP contribution in [0.5, 0.6) is 5.75 Å². The first-order valence-electron chi connectivity index (χ1n) is 7.04. The summed E-state index contributed by atoms with van der Waals surface area (Å²) in [7, 11) is 1.73. The summed E-state index contributed by atoms with van der Waals surface area (Å²) in [5.74, 6) is 0.938. The Balaban J connectivity index is 1.92. The van der Waals surface area contributed by atoms with Crippen molar-refractivity contribution in [1.82, 2.24) is 4.90 Å². The standard InChI is InChI=1S/C15H22N2O2/c1-11-9-15(17-5-7-19-8-6-17)13-10-12(18-2)3-4-14(13)16-11/h3-4,10-11,15-16H,5-9H2,1-2H3. The van der Waals surface area contributed by atoms with Crippen LogP contribution in [0, 0.1) is 0 Å². The second kappa shape index (κ2) is 5.39. The minimum atomic E-state index is 0.477. The van der Waals surface area contributed by atoms with Crippen molar-refractivity contribution in [2.24, 2.45) is 0 Å². The van der Waals surface area contributed by atoms with E-state index in [1.807, 2.05) is 6.07 Å². The van der Waals surface area contributed by atoms with Crippen molar-refractivity contribution in [3.63, 3.8) is 0 Å². The molecule has 4 heteroatoms. The molecule has 0 amide bonds. The average molecular weight is 262 g/mol. The van der Waals surface area contributed by atoms with Gasteiger partial charge in [-0.3, -0.25) is 4.90 Å². The van der Waals surface area contributed by atoms with Gasteiger partial charge in [-0.15, -0.1) is 0 Å². The molecule has 2 aliphatic heterocycles. The Labute approximate surface area is 114 Å². The largest absolute Gasteiger partial charge is 0.497 e. The number of methoxy groups -OCH3 is 1. The summed E-state index contributed by atoms with van der Waals surface area (Å²) < 4.78 is 10.8. The zero-order chi connectivity index (χ0) is 13.2. The highest BCUT2D eigenvalue weighted by molar-refractivity contribution is 5.58. The van der Waals surface area contributed by atoms with E-state index in [9.17, 15) is 0 Å². The molecule has 0 aromatic heterocycles. The van der Waals surface area contributed by atoms with Gasteiger partial charge in [-0.1, -0.05) is 0 Å². The molecular weight excluding hydrogens is 240 g/mol. The van der Waals surface area contributed by atoms with E-state index >= 15 is 0 Å². The van der Waals surface area contributed by atoms with E-state index in [-0.39, 0.29) is 0 Å². The highest BCUT2D eigenvalue weighted by atomic mass is 16.5. The molecular formula is C15H22N2O2. The Kier molecular flexibility index (Phi) is 3.62. The lowest BCUT2D eigenvalue weighted by Gasteiger charge is -2.40. The monoisotopic (exact) mass is 262 g/mol. The maximum Gasteiger partial charge on any atom is 0.119 e. The minimum Gasteiger partial charge on any atom is -0.497 e. The Morgan fingerprint density at radius 1 is 1.32 bits per heavy atom. The van der Waals surface area contributed by atoms with Crippen LogP contribution in [-0.2, 0) is 4.74 Å². The molecule has 4 nitrogen and oxygen atoms in total. The predicted molar refractivity (Wildman–Crippen MR) is 75.8 cm³/mol. The van der Waals surface area contributed by atoms with E-state index in [1.165, 1.54) is 11.3 Å². The van der Waals surface area contributed by atoms with Crippen LogP contribution in [0.15, 0.2) is 18.2 Å². The second-order valence-corrected chi connectivity index (χ2v) is 5.40. The van der Waals surface area contributed by atoms with E-state index in [0.717, 1.165) is 38.5 Å². The van der Waals surface area contributed by atoms with Crippen LogP contribution in [0.4, 0.5) is 5.69 Å². The highest BCUT2D eigenvalue weighted by Crippen LogP contribution is 2.38. The number of ether oxygens (including phenoxy) is 2. The Hall–Kier alpha value is -1.26. The van der Waals surface area contributed by atoms with Gasteiger partial charge < -0.3 is 14.8 Å². The van der Waals surface area contributed by atoms with Gasteiger partial charge in [0.25, 0.3) is 0 Å². The third-order valence-corrected chi connectivity index (χ3v) is 4.08. The molecule has 1 N–H and O–H groups in total. The van der Waals surface area contributed by atoms with Gasteiger partial charge in [0, 0.05) is 30.9 Å². The van der Waals surface area contributed by atoms with Crippen LogP contribution >= 0.6 is 0 Å². The average Bonchev–Trinajstić information content (AvgIpc) is 2.47. The fourth-order valence-corrected chi connectivity index (χ4v) is 3.10. The lowest BCUT2D eigenvalue weighted by molar-refractivity contribution is 0.0127. The van der Waals surface area contributed by atoms with Crippen LogP contribution in [0.3, 0.4) is 0 Å². The zero-order valence-electron chi connectivity index (χ0n) is 11.7. The molecule has 1 aromatic carbocycles. The van der Waals surface area contributed by atoms with Crippen molar-refractivity contribution in [1.29, 1.82) is 0 Å². The smallest absolute Gasteiger partial charge is 0.119 e. The van der Waals surface area contributed by atoms with E-state index in [0.29, 0.717) is 12.1 Å². The molecule has 1 fully saturated rings. The molecule has 0 aliphatic carbocycles. The highest BCUT2D eigenvalue weighted by Gasteiger charge is 2.30. The maximum absolute atomic E-state index is 5.47. The molecule has 1 aromatic rings. The zero-order valence-corrected chi connectivity index (χ0v) is 11.7. The number of rotatable bonds is 2. The number of hydrogen-bond acceptors (Lipinski definition) is 4. The summed E-state index contributed by atoms with van der Waals surface area (Å²) >= 11 is 0. The molecule has 1 saturated heterocycles. The van der Waals surface area contributed by atoms with Gasteiger partial charge in [-0.25, -0.2) is 0 Å². The molecule has 0 radical (unpaired) electrons. The molecule has 2 aliphatic rings. The van der Waals surface area contributed by atoms with Crippen LogP contribution in [0.2, 0.25) is 0 Å². The number of nitrogens with zero attached hydrogens (tertiary/aromatic N) is 1. The first-order chi connectivity index (χ1) is 9.28. The van der Waals surface area contributed by atoms with Crippen molar-refractivity contribution in [2.45, 2.75) is 25.4 Å². The van der Waals surface area contributed by atoms with E-state index in [4.69, 9.17) is 9.47 Å². The Bertz CT molecular complexity index is 444. The number of nitrogens with one attached hydrogen (secondary N) is 1. The lowest BCUT2D eigenvalue weighted by atomic mass is 9.92. The van der Waals surface area contributed by atoms with Crippen molar-refractivity contribution in [3.05, 3.63) is 23.8 Å². The van der Waals surface area contributed by atoms with Crippen molar-refractivity contribution < 1.29 is 9.47 Å². The minimum absolute atomic E-state index is 0.477. The molecule has 2 atom stereocenters. The lowest BCUT2D eigenvalue weighted by Crippen LogP contribution is -2.42. The first-order valence-corrected chi connectivity index (χ1v) is 7.04. The third kappa shape index (κ3) is 2.55. The predicted octanol–water partition coefficient (Wildman–Crippen LogP) is 2.27. The fourth-order valence-electron chi connectivity index (χ4n) is 3.10. The third-order valence-electron chi connectivity index (χ3n) is 4.08. The number of fused-ring (bicyclic) bond motifs is 1. The molecule has 3 rings (SSSR count). The van der Waals surface area contributed by atoms with Gasteiger partial charge in [0.2, 0.25) is 0 Å². The van der Waals surface area contributed by atoms with Gasteiger partial charge in [-0.2, -0.15) is 0 Å². The van der Waals surface area contributed by atoms with Gasteiger partial charge in [0.1, 0.15) is 5.75 Å². The summed E-state index contributed by atoms with van der Waals surface area (Å²) in [4.78, 5) is 2.54. The molecule has 0 saturated carbocycles. The number of anilines is 1. The van der Waals surface area contributed by atoms with E-state index < -0.39 is 0 Å². The topological polar surface area (TPSA) is 33.7 Å². The van der Waals surface area contributed by atoms with Crippen LogP contribution in [-0.4, -0.2) is 44.4 Å². The first kappa shape index (κ1) is 12.8. The van der Waals surface area contributed by atoms with Crippen molar-refractivity contribution in [2.75, 3.05) is 38.7 Å². The summed E-state index contributed by atoms with van der Waals surface area (Å²) in [6.07, 6.45) is 1.14. The fraction of sp³-hybridized carbons (Fsp3) is 0.600.